The van der Waals surface area contributed by atoms with Crippen LogP contribution in [0.4, 0.5) is 10.5 Å². The Balaban J connectivity index is 1.72. The van der Waals surface area contributed by atoms with E-state index in [1.807, 2.05) is 31.2 Å². The molecule has 0 aliphatic rings. The Hall–Kier alpha value is -2.86. The summed E-state index contributed by atoms with van der Waals surface area (Å²) < 4.78 is 5.19. The number of urea groups is 1. The predicted molar refractivity (Wildman–Crippen MR) is 91.8 cm³/mol. The zero-order chi connectivity index (χ0) is 17.2. The number of aryl methyl sites for hydroxylation is 1. The zero-order valence-electron chi connectivity index (χ0n) is 13.5. The molecule has 6 heteroatoms. The maximum atomic E-state index is 12.2. The van der Waals surface area contributed by atoms with E-state index < -0.39 is 11.6 Å². The number of anilines is 1. The van der Waals surface area contributed by atoms with Crippen molar-refractivity contribution in [2.45, 2.75) is 19.4 Å². The molecule has 0 saturated heterocycles. The minimum atomic E-state index is -1.28. The molecule has 0 aliphatic heterocycles. The number of nitrogens with one attached hydrogen (secondary N) is 2. The minimum absolute atomic E-state index is 0.0174. The van der Waals surface area contributed by atoms with Gasteiger partial charge in [0, 0.05) is 11.6 Å². The maximum absolute atomic E-state index is 12.2. The Morgan fingerprint density at radius 1 is 1.33 bits per heavy atom. The predicted octanol–water partition coefficient (Wildman–Crippen LogP) is 3.17. The highest BCUT2D eigenvalue weighted by atomic mass is 16.4. The second kappa shape index (κ2) is 6.33. The normalized spacial score (nSPS) is 13.5. The molecule has 2 heterocycles. The van der Waals surface area contributed by atoms with Gasteiger partial charge in [-0.15, -0.1) is 0 Å². The van der Waals surface area contributed by atoms with Gasteiger partial charge >= 0.3 is 6.03 Å². The summed E-state index contributed by atoms with van der Waals surface area (Å²) >= 11 is 0. The van der Waals surface area contributed by atoms with E-state index in [1.54, 1.807) is 25.3 Å². The number of benzene rings is 1. The first kappa shape index (κ1) is 16.0. The molecule has 1 aromatic carbocycles. The molecule has 2 amide bonds. The fourth-order valence-corrected chi connectivity index (χ4v) is 2.53. The number of hydrogen-bond acceptors (Lipinski definition) is 4. The number of aliphatic hydroxyl groups is 1. The molecule has 24 heavy (non-hydrogen) atoms. The molecule has 3 rings (SSSR count). The summed E-state index contributed by atoms with van der Waals surface area (Å²) in [6.07, 6.45) is 3.16. The summed E-state index contributed by atoms with van der Waals surface area (Å²) in [7, 11) is 0. The van der Waals surface area contributed by atoms with Crippen LogP contribution in [0.2, 0.25) is 0 Å². The molecule has 2 aromatic heterocycles. The van der Waals surface area contributed by atoms with Crippen LogP contribution < -0.4 is 10.6 Å². The van der Waals surface area contributed by atoms with E-state index >= 15 is 0 Å². The minimum Gasteiger partial charge on any atom is -0.466 e. The summed E-state index contributed by atoms with van der Waals surface area (Å²) in [5, 5.41) is 16.8. The van der Waals surface area contributed by atoms with Crippen molar-refractivity contribution in [3.63, 3.8) is 0 Å². The fraction of sp³-hybridized carbons (Fsp3) is 0.222. The molecule has 3 N–H and O–H groups in total. The number of hydrogen-bond donors (Lipinski definition) is 3. The summed E-state index contributed by atoms with van der Waals surface area (Å²) in [5.41, 5.74) is 1.08. The molecule has 124 valence electrons. The van der Waals surface area contributed by atoms with Crippen molar-refractivity contribution in [1.82, 2.24) is 10.3 Å². The van der Waals surface area contributed by atoms with Crippen molar-refractivity contribution >= 4 is 22.6 Å². The van der Waals surface area contributed by atoms with Crippen molar-refractivity contribution in [2.24, 2.45) is 0 Å². The van der Waals surface area contributed by atoms with Gasteiger partial charge < -0.3 is 20.2 Å². The second-order valence-electron chi connectivity index (χ2n) is 5.95. The first-order valence-electron chi connectivity index (χ1n) is 7.62. The van der Waals surface area contributed by atoms with E-state index in [1.165, 1.54) is 6.26 Å². The van der Waals surface area contributed by atoms with E-state index in [2.05, 4.69) is 15.6 Å². The van der Waals surface area contributed by atoms with Crippen molar-refractivity contribution in [3.05, 3.63) is 60.2 Å². The molecule has 6 nitrogen and oxygen atoms in total. The average molecular weight is 325 g/mol. The number of fused-ring (bicyclic) bond motifs is 1. The number of furan rings is 1. The first-order chi connectivity index (χ1) is 11.5. The van der Waals surface area contributed by atoms with Crippen LogP contribution >= 0.6 is 0 Å². The summed E-state index contributed by atoms with van der Waals surface area (Å²) in [5.74, 6) is 0.394. The van der Waals surface area contributed by atoms with Gasteiger partial charge in [0.05, 0.1) is 24.0 Å². The van der Waals surface area contributed by atoms with Crippen molar-refractivity contribution in [2.75, 3.05) is 11.9 Å². The molecule has 0 spiro atoms. The number of carbonyl (C=O) groups is 1. The fourth-order valence-electron chi connectivity index (χ4n) is 2.53. The van der Waals surface area contributed by atoms with Crippen LogP contribution in [0.3, 0.4) is 0 Å². The SMILES string of the molecule is Cc1cc(NC(=O)NCC(C)(O)c2ccco2)c2ncccc2c1. The number of rotatable bonds is 4. The smallest absolute Gasteiger partial charge is 0.319 e. The van der Waals surface area contributed by atoms with Crippen LogP contribution in [0.1, 0.15) is 18.2 Å². The monoisotopic (exact) mass is 325 g/mol. The van der Waals surface area contributed by atoms with Gasteiger partial charge in [-0.2, -0.15) is 0 Å². The van der Waals surface area contributed by atoms with Crippen LogP contribution in [0.25, 0.3) is 10.9 Å². The Kier molecular flexibility index (Phi) is 4.22. The molecular formula is C18H19N3O3. The summed E-state index contributed by atoms with van der Waals surface area (Å²) in [6, 6.07) is 10.6. The largest absolute Gasteiger partial charge is 0.466 e. The van der Waals surface area contributed by atoms with Gasteiger partial charge in [0.1, 0.15) is 11.4 Å². The zero-order valence-corrected chi connectivity index (χ0v) is 13.5. The Morgan fingerprint density at radius 2 is 2.17 bits per heavy atom. The molecule has 0 fully saturated rings. The Bertz CT molecular complexity index is 857. The van der Waals surface area contributed by atoms with Gasteiger partial charge in [0.25, 0.3) is 0 Å². The molecule has 3 aromatic rings. The van der Waals surface area contributed by atoms with Gasteiger partial charge in [0.2, 0.25) is 0 Å². The standard InChI is InChI=1S/C18H19N3O3/c1-12-9-13-5-3-7-19-16(13)14(10-12)21-17(22)20-11-18(2,23)15-6-4-8-24-15/h3-10,23H,11H2,1-2H3,(H2,20,21,22). The number of pyridine rings is 1. The van der Waals surface area contributed by atoms with Crippen LogP contribution in [0.5, 0.6) is 0 Å². The molecule has 0 aliphatic carbocycles. The van der Waals surface area contributed by atoms with Gasteiger partial charge in [-0.05, 0) is 49.7 Å². The number of aromatic nitrogens is 1. The maximum Gasteiger partial charge on any atom is 0.319 e. The van der Waals surface area contributed by atoms with E-state index in [0.717, 1.165) is 16.5 Å². The third-order valence-electron chi connectivity index (χ3n) is 3.74. The van der Waals surface area contributed by atoms with E-state index in [-0.39, 0.29) is 6.54 Å². The van der Waals surface area contributed by atoms with Gasteiger partial charge in [0.15, 0.2) is 0 Å². The quantitative estimate of drug-likeness (QED) is 0.687. The number of amides is 2. The van der Waals surface area contributed by atoms with Crippen molar-refractivity contribution < 1.29 is 14.3 Å². The summed E-state index contributed by atoms with van der Waals surface area (Å²) in [4.78, 5) is 16.5. The summed E-state index contributed by atoms with van der Waals surface area (Å²) in [6.45, 7) is 3.55. The van der Waals surface area contributed by atoms with Crippen LogP contribution in [-0.2, 0) is 5.60 Å². The third kappa shape index (κ3) is 3.38. The highest BCUT2D eigenvalue weighted by Gasteiger charge is 2.26. The lowest BCUT2D eigenvalue weighted by Gasteiger charge is -2.21. The van der Waals surface area contributed by atoms with Gasteiger partial charge in [-0.25, -0.2) is 4.79 Å². The molecule has 0 bridgehead atoms. The van der Waals surface area contributed by atoms with Gasteiger partial charge in [-0.1, -0.05) is 6.07 Å². The molecule has 0 radical (unpaired) electrons. The first-order valence-corrected chi connectivity index (χ1v) is 7.62. The highest BCUT2D eigenvalue weighted by molar-refractivity contribution is 5.99. The lowest BCUT2D eigenvalue weighted by Crippen LogP contribution is -2.40. The second-order valence-corrected chi connectivity index (χ2v) is 5.95. The number of nitrogens with zero attached hydrogens (tertiary/aromatic N) is 1. The van der Waals surface area contributed by atoms with E-state index in [4.69, 9.17) is 4.42 Å². The van der Waals surface area contributed by atoms with Crippen molar-refractivity contribution in [3.8, 4) is 0 Å². The van der Waals surface area contributed by atoms with Crippen LogP contribution in [0, 0.1) is 6.92 Å². The topological polar surface area (TPSA) is 87.4 Å². The van der Waals surface area contributed by atoms with Crippen LogP contribution in [0.15, 0.2) is 53.3 Å². The molecule has 0 saturated carbocycles. The third-order valence-corrected chi connectivity index (χ3v) is 3.74. The molecule has 1 atom stereocenters. The lowest BCUT2D eigenvalue weighted by molar-refractivity contribution is 0.0372. The van der Waals surface area contributed by atoms with Gasteiger partial charge in [-0.3, -0.25) is 4.98 Å². The molecular weight excluding hydrogens is 306 g/mol. The Labute approximate surface area is 139 Å². The van der Waals surface area contributed by atoms with E-state index in [0.29, 0.717) is 11.4 Å². The van der Waals surface area contributed by atoms with Crippen LogP contribution in [-0.4, -0.2) is 22.7 Å². The highest BCUT2D eigenvalue weighted by Crippen LogP contribution is 2.23. The molecule has 1 unspecified atom stereocenters. The number of carbonyl (C=O) groups excluding carboxylic acids is 1. The average Bonchev–Trinajstić information content (AvgIpc) is 3.08. The Morgan fingerprint density at radius 3 is 2.92 bits per heavy atom. The van der Waals surface area contributed by atoms with E-state index in [9.17, 15) is 9.90 Å². The lowest BCUT2D eigenvalue weighted by atomic mass is 10.0. The van der Waals surface area contributed by atoms with Crippen molar-refractivity contribution in [1.29, 1.82) is 0 Å².